The Bertz CT molecular complexity index is 467. The Morgan fingerprint density at radius 2 is 2.15 bits per heavy atom. The van der Waals surface area contributed by atoms with Gasteiger partial charge in [-0.05, 0) is 66.1 Å². The summed E-state index contributed by atoms with van der Waals surface area (Å²) in [6.07, 6.45) is 7.73. The third-order valence-electron chi connectivity index (χ3n) is 4.14. The Hall–Kier alpha value is -0.740. The summed E-state index contributed by atoms with van der Waals surface area (Å²) in [4.78, 5) is 16.9. The van der Waals surface area contributed by atoms with Gasteiger partial charge >= 0.3 is 0 Å². The first-order valence-electron chi connectivity index (χ1n) is 7.32. The highest BCUT2D eigenvalue weighted by Gasteiger charge is 2.41. The van der Waals surface area contributed by atoms with E-state index < -0.39 is 5.60 Å². The van der Waals surface area contributed by atoms with E-state index in [4.69, 9.17) is 4.74 Å². The molecule has 2 rings (SSSR count). The van der Waals surface area contributed by atoms with Crippen LogP contribution in [-0.4, -0.2) is 23.0 Å². The average molecular weight is 340 g/mol. The van der Waals surface area contributed by atoms with E-state index in [9.17, 15) is 4.79 Å². The van der Waals surface area contributed by atoms with Crippen LogP contribution in [0.1, 0.15) is 45.1 Å². The highest BCUT2D eigenvalue weighted by molar-refractivity contribution is 9.10. The largest absolute Gasteiger partial charge is 0.367 e. The maximum Gasteiger partial charge on any atom is 0.169 e. The van der Waals surface area contributed by atoms with Gasteiger partial charge in [0, 0.05) is 29.9 Å². The number of nitrogens with zero attached hydrogens (tertiary/aromatic N) is 1. The van der Waals surface area contributed by atoms with Crippen LogP contribution in [0.5, 0.6) is 0 Å². The second-order valence-corrected chi connectivity index (χ2v) is 6.64. The molecule has 0 atom stereocenters. The van der Waals surface area contributed by atoms with Crippen LogP contribution >= 0.6 is 15.9 Å². The van der Waals surface area contributed by atoms with Crippen molar-refractivity contribution >= 4 is 21.7 Å². The quantitative estimate of drug-likeness (QED) is 0.815. The minimum atomic E-state index is -0.566. The molecule has 1 fully saturated rings. The molecule has 0 radical (unpaired) electrons. The van der Waals surface area contributed by atoms with Crippen molar-refractivity contribution in [2.24, 2.45) is 5.92 Å². The van der Waals surface area contributed by atoms with Gasteiger partial charge in [-0.25, -0.2) is 0 Å². The van der Waals surface area contributed by atoms with Crippen molar-refractivity contribution in [2.45, 2.75) is 51.6 Å². The van der Waals surface area contributed by atoms with Gasteiger partial charge in [-0.3, -0.25) is 9.78 Å². The number of aromatic nitrogens is 1. The van der Waals surface area contributed by atoms with E-state index in [0.29, 0.717) is 18.9 Å². The zero-order valence-electron chi connectivity index (χ0n) is 12.2. The summed E-state index contributed by atoms with van der Waals surface area (Å²) in [5.74, 6) is 0.898. The maximum absolute atomic E-state index is 12.7. The van der Waals surface area contributed by atoms with Gasteiger partial charge in [0.2, 0.25) is 0 Å². The Morgan fingerprint density at radius 1 is 1.45 bits per heavy atom. The molecular weight excluding hydrogens is 318 g/mol. The van der Waals surface area contributed by atoms with Crippen LogP contribution in [0.4, 0.5) is 0 Å². The Morgan fingerprint density at radius 3 is 2.75 bits per heavy atom. The smallest absolute Gasteiger partial charge is 0.169 e. The lowest BCUT2D eigenvalue weighted by Gasteiger charge is -2.37. The minimum absolute atomic E-state index is 0.200. The molecular formula is C16H22BrNO2. The van der Waals surface area contributed by atoms with Crippen LogP contribution in [-0.2, 0) is 16.0 Å². The number of rotatable bonds is 5. The molecule has 0 saturated heterocycles. The molecule has 3 nitrogen and oxygen atoms in total. The molecule has 0 amide bonds. The summed E-state index contributed by atoms with van der Waals surface area (Å²) in [6.45, 7) is 4.81. The predicted molar refractivity (Wildman–Crippen MR) is 82.6 cm³/mol. The molecule has 0 bridgehead atoms. The molecule has 0 N–H and O–H groups in total. The van der Waals surface area contributed by atoms with E-state index in [0.717, 1.165) is 35.7 Å². The third-order valence-corrected chi connectivity index (χ3v) is 4.57. The van der Waals surface area contributed by atoms with Crippen molar-refractivity contribution in [1.82, 2.24) is 4.98 Å². The third kappa shape index (κ3) is 3.67. The molecule has 1 saturated carbocycles. The molecule has 1 aliphatic rings. The molecule has 1 aliphatic carbocycles. The van der Waals surface area contributed by atoms with E-state index in [2.05, 4.69) is 27.8 Å². The van der Waals surface area contributed by atoms with E-state index in [1.165, 1.54) is 0 Å². The normalized spacial score (nSPS) is 26.4. The van der Waals surface area contributed by atoms with E-state index in [-0.39, 0.29) is 5.78 Å². The summed E-state index contributed by atoms with van der Waals surface area (Å²) in [6, 6.07) is 1.95. The molecule has 20 heavy (non-hydrogen) atoms. The SMILES string of the molecule is CCOC1(C(=O)Cc2cncc(Br)c2)CCC(C)CC1. The zero-order valence-corrected chi connectivity index (χ0v) is 13.8. The first-order chi connectivity index (χ1) is 9.55. The van der Waals surface area contributed by atoms with Crippen LogP contribution in [0.3, 0.4) is 0 Å². The van der Waals surface area contributed by atoms with Crippen molar-refractivity contribution in [2.75, 3.05) is 6.61 Å². The molecule has 110 valence electrons. The average Bonchev–Trinajstić information content (AvgIpc) is 2.42. The summed E-state index contributed by atoms with van der Waals surface area (Å²) in [7, 11) is 0. The Labute approximate surface area is 129 Å². The molecule has 0 aromatic carbocycles. The maximum atomic E-state index is 12.7. The van der Waals surface area contributed by atoms with Crippen LogP contribution in [0.15, 0.2) is 22.9 Å². The Balaban J connectivity index is 2.11. The van der Waals surface area contributed by atoms with Gasteiger partial charge < -0.3 is 4.74 Å². The van der Waals surface area contributed by atoms with Crippen LogP contribution in [0.2, 0.25) is 0 Å². The van der Waals surface area contributed by atoms with Crippen molar-refractivity contribution < 1.29 is 9.53 Å². The van der Waals surface area contributed by atoms with Crippen LogP contribution in [0.25, 0.3) is 0 Å². The fraction of sp³-hybridized carbons (Fsp3) is 0.625. The van der Waals surface area contributed by atoms with Gasteiger partial charge in [-0.15, -0.1) is 0 Å². The van der Waals surface area contributed by atoms with Gasteiger partial charge in [0.15, 0.2) is 5.78 Å². The van der Waals surface area contributed by atoms with Crippen LogP contribution in [0, 0.1) is 5.92 Å². The van der Waals surface area contributed by atoms with Crippen molar-refractivity contribution in [3.8, 4) is 0 Å². The molecule has 0 spiro atoms. The standard InChI is InChI=1S/C16H22BrNO2/c1-3-20-16(6-4-12(2)5-7-16)15(19)9-13-8-14(17)11-18-10-13/h8,10-12H,3-7,9H2,1-2H3. The zero-order chi connectivity index (χ0) is 14.6. The van der Waals surface area contributed by atoms with Gasteiger partial charge in [0.05, 0.1) is 0 Å². The number of carbonyl (C=O) groups is 1. The van der Waals surface area contributed by atoms with Gasteiger partial charge in [0.25, 0.3) is 0 Å². The Kier molecular flexibility index (Phi) is 5.33. The second-order valence-electron chi connectivity index (χ2n) is 5.72. The molecule has 1 aromatic heterocycles. The number of ketones is 1. The summed E-state index contributed by atoms with van der Waals surface area (Å²) in [5.41, 5.74) is 0.380. The number of carbonyl (C=O) groups excluding carboxylic acids is 1. The molecule has 0 unspecified atom stereocenters. The predicted octanol–water partition coefficient (Wildman–Crippen LogP) is 3.94. The summed E-state index contributed by atoms with van der Waals surface area (Å²) >= 11 is 3.40. The van der Waals surface area contributed by atoms with Gasteiger partial charge in [0.1, 0.15) is 5.60 Å². The van der Waals surface area contributed by atoms with Crippen LogP contribution < -0.4 is 0 Å². The lowest BCUT2D eigenvalue weighted by molar-refractivity contribution is -0.149. The second kappa shape index (κ2) is 6.81. The fourth-order valence-corrected chi connectivity index (χ4v) is 3.32. The minimum Gasteiger partial charge on any atom is -0.367 e. The number of Topliss-reactive ketones (excluding diaryl/α,β-unsaturated/α-hetero) is 1. The first kappa shape index (κ1) is 15.6. The van der Waals surface area contributed by atoms with E-state index in [1.807, 2.05) is 13.0 Å². The van der Waals surface area contributed by atoms with E-state index in [1.54, 1.807) is 12.4 Å². The first-order valence-corrected chi connectivity index (χ1v) is 8.12. The molecule has 0 aliphatic heterocycles. The highest BCUT2D eigenvalue weighted by atomic mass is 79.9. The number of hydrogen-bond acceptors (Lipinski definition) is 3. The topological polar surface area (TPSA) is 39.2 Å². The van der Waals surface area contributed by atoms with Gasteiger partial charge in [-0.1, -0.05) is 6.92 Å². The fourth-order valence-electron chi connectivity index (χ4n) is 2.91. The van der Waals surface area contributed by atoms with Gasteiger partial charge in [-0.2, -0.15) is 0 Å². The molecule has 4 heteroatoms. The highest BCUT2D eigenvalue weighted by Crippen LogP contribution is 2.36. The number of hydrogen-bond donors (Lipinski definition) is 0. The number of pyridine rings is 1. The number of halogens is 1. The lowest BCUT2D eigenvalue weighted by atomic mass is 9.76. The molecule has 1 heterocycles. The van der Waals surface area contributed by atoms with Crippen molar-refractivity contribution in [3.63, 3.8) is 0 Å². The summed E-state index contributed by atoms with van der Waals surface area (Å²) < 4.78 is 6.81. The lowest BCUT2D eigenvalue weighted by Crippen LogP contribution is -2.45. The van der Waals surface area contributed by atoms with Crippen molar-refractivity contribution in [3.05, 3.63) is 28.5 Å². The van der Waals surface area contributed by atoms with E-state index >= 15 is 0 Å². The summed E-state index contributed by atoms with van der Waals surface area (Å²) in [5, 5.41) is 0. The van der Waals surface area contributed by atoms with Crippen molar-refractivity contribution in [1.29, 1.82) is 0 Å². The molecule has 1 aromatic rings. The number of ether oxygens (including phenoxy) is 1. The monoisotopic (exact) mass is 339 g/mol.